The summed E-state index contributed by atoms with van der Waals surface area (Å²) in [4.78, 5) is 6.61. The number of aromatic nitrogens is 2. The highest BCUT2D eigenvalue weighted by atomic mass is 32.2. The maximum Gasteiger partial charge on any atom is 0.259 e. The van der Waals surface area contributed by atoms with Crippen LogP contribution in [0.5, 0.6) is 0 Å². The maximum atomic E-state index is 11.9. The van der Waals surface area contributed by atoms with Crippen LogP contribution >= 0.6 is 11.8 Å². The first-order chi connectivity index (χ1) is 6.98. The van der Waals surface area contributed by atoms with Gasteiger partial charge < -0.3 is 4.98 Å². The van der Waals surface area contributed by atoms with Gasteiger partial charge in [-0.15, -0.1) is 0 Å². The fourth-order valence-electron chi connectivity index (χ4n) is 1.04. The Morgan fingerprint density at radius 1 is 1.60 bits per heavy atom. The Hall–Kier alpha value is -0.530. The number of aryl methyl sites for hydroxylation is 1. The zero-order valence-electron chi connectivity index (χ0n) is 9.02. The quantitative estimate of drug-likeness (QED) is 0.834. The summed E-state index contributed by atoms with van der Waals surface area (Å²) in [5, 5.41) is 0.156. The van der Waals surface area contributed by atoms with Gasteiger partial charge in [0.05, 0.1) is 6.20 Å². The summed E-state index contributed by atoms with van der Waals surface area (Å²) in [6.45, 7) is 2.22. The summed E-state index contributed by atoms with van der Waals surface area (Å²) in [6.07, 6.45) is 3.29. The summed E-state index contributed by atoms with van der Waals surface area (Å²) in [6, 6.07) is 0. The number of thioether (sulfide) groups is 1. The molecule has 0 unspecified atom stereocenters. The van der Waals surface area contributed by atoms with Gasteiger partial charge in [-0.2, -0.15) is 16.1 Å². The molecule has 1 aromatic rings. The Labute approximate surface area is 94.3 Å². The van der Waals surface area contributed by atoms with Gasteiger partial charge in [0, 0.05) is 19.3 Å². The highest BCUT2D eigenvalue weighted by Gasteiger charge is 2.21. The molecular weight excluding hydrogens is 234 g/mol. The molecule has 15 heavy (non-hydrogen) atoms. The topological polar surface area (TPSA) is 66.1 Å². The van der Waals surface area contributed by atoms with E-state index in [2.05, 4.69) is 9.97 Å². The molecule has 0 amide bonds. The minimum atomic E-state index is -3.39. The van der Waals surface area contributed by atoms with Crippen LogP contribution in [0.25, 0.3) is 0 Å². The van der Waals surface area contributed by atoms with Crippen molar-refractivity contribution in [2.24, 2.45) is 0 Å². The van der Waals surface area contributed by atoms with Crippen LogP contribution in [0.3, 0.4) is 0 Å². The van der Waals surface area contributed by atoms with Gasteiger partial charge in [0.15, 0.2) is 5.03 Å². The van der Waals surface area contributed by atoms with E-state index < -0.39 is 10.0 Å². The first-order valence-corrected chi connectivity index (χ1v) is 7.28. The molecule has 0 atom stereocenters. The predicted octanol–water partition coefficient (Wildman–Crippen LogP) is 0.702. The Morgan fingerprint density at radius 3 is 2.73 bits per heavy atom. The molecule has 1 aromatic heterocycles. The van der Waals surface area contributed by atoms with E-state index >= 15 is 0 Å². The molecule has 0 aliphatic carbocycles. The molecule has 0 radical (unpaired) electrons. The minimum absolute atomic E-state index is 0.156. The SMILES string of the molecule is CSCCN(C)S(=O)(=O)c1cnc(C)[nH]1. The van der Waals surface area contributed by atoms with Crippen LogP contribution in [0.1, 0.15) is 5.82 Å². The molecule has 0 saturated heterocycles. The fraction of sp³-hybridized carbons (Fsp3) is 0.625. The highest BCUT2D eigenvalue weighted by Crippen LogP contribution is 2.11. The third kappa shape index (κ3) is 2.96. The largest absolute Gasteiger partial charge is 0.332 e. The van der Waals surface area contributed by atoms with Crippen molar-refractivity contribution in [1.82, 2.24) is 14.3 Å². The summed E-state index contributed by atoms with van der Waals surface area (Å²) >= 11 is 1.61. The zero-order chi connectivity index (χ0) is 11.5. The van der Waals surface area contributed by atoms with Crippen LogP contribution in [-0.4, -0.2) is 48.3 Å². The molecule has 1 heterocycles. The number of nitrogens with zero attached hydrogens (tertiary/aromatic N) is 2. The van der Waals surface area contributed by atoms with Gasteiger partial charge in [0.25, 0.3) is 10.0 Å². The van der Waals surface area contributed by atoms with Crippen molar-refractivity contribution in [1.29, 1.82) is 0 Å². The van der Waals surface area contributed by atoms with Gasteiger partial charge in [-0.1, -0.05) is 0 Å². The normalized spacial score (nSPS) is 12.3. The first kappa shape index (κ1) is 12.5. The Balaban J connectivity index is 2.83. The second-order valence-electron chi connectivity index (χ2n) is 3.15. The van der Waals surface area contributed by atoms with Crippen LogP contribution < -0.4 is 0 Å². The van der Waals surface area contributed by atoms with Gasteiger partial charge >= 0.3 is 0 Å². The molecule has 0 aliphatic rings. The Morgan fingerprint density at radius 2 is 2.27 bits per heavy atom. The molecule has 5 nitrogen and oxygen atoms in total. The lowest BCUT2D eigenvalue weighted by molar-refractivity contribution is 0.486. The number of imidazole rings is 1. The van der Waals surface area contributed by atoms with Crippen molar-refractivity contribution >= 4 is 21.8 Å². The van der Waals surface area contributed by atoms with E-state index in [-0.39, 0.29) is 5.03 Å². The van der Waals surface area contributed by atoms with Crippen LogP contribution in [-0.2, 0) is 10.0 Å². The van der Waals surface area contributed by atoms with Crippen molar-refractivity contribution in [2.75, 3.05) is 25.6 Å². The van der Waals surface area contributed by atoms with E-state index in [4.69, 9.17) is 0 Å². The predicted molar refractivity (Wildman–Crippen MR) is 61.5 cm³/mol. The summed E-state index contributed by atoms with van der Waals surface area (Å²) in [7, 11) is -1.82. The minimum Gasteiger partial charge on any atom is -0.332 e. The average molecular weight is 249 g/mol. The maximum absolute atomic E-state index is 11.9. The first-order valence-electron chi connectivity index (χ1n) is 4.45. The number of hydrogen-bond acceptors (Lipinski definition) is 4. The fourth-order valence-corrected chi connectivity index (χ4v) is 2.74. The molecule has 0 aliphatic heterocycles. The number of aromatic amines is 1. The third-order valence-electron chi connectivity index (χ3n) is 1.98. The van der Waals surface area contributed by atoms with Crippen molar-refractivity contribution in [3.05, 3.63) is 12.0 Å². The average Bonchev–Trinajstić information content (AvgIpc) is 2.61. The molecule has 7 heteroatoms. The van der Waals surface area contributed by atoms with Gasteiger partial charge in [-0.3, -0.25) is 0 Å². The molecule has 0 saturated carbocycles. The van der Waals surface area contributed by atoms with Gasteiger partial charge in [-0.05, 0) is 13.2 Å². The van der Waals surface area contributed by atoms with E-state index in [0.29, 0.717) is 12.4 Å². The van der Waals surface area contributed by atoms with Crippen molar-refractivity contribution in [2.45, 2.75) is 11.9 Å². The molecular formula is C8H15N3O2S2. The van der Waals surface area contributed by atoms with E-state index in [1.54, 1.807) is 25.7 Å². The number of rotatable bonds is 5. The number of sulfonamides is 1. The van der Waals surface area contributed by atoms with Crippen molar-refractivity contribution in [3.63, 3.8) is 0 Å². The molecule has 0 fully saturated rings. The summed E-state index contributed by atoms with van der Waals surface area (Å²) in [5.74, 6) is 1.38. The van der Waals surface area contributed by atoms with Crippen LogP contribution in [0.2, 0.25) is 0 Å². The summed E-state index contributed by atoms with van der Waals surface area (Å²) in [5.41, 5.74) is 0. The Kier molecular flexibility index (Phi) is 4.18. The second-order valence-corrected chi connectivity index (χ2v) is 6.15. The van der Waals surface area contributed by atoms with E-state index in [9.17, 15) is 8.42 Å². The zero-order valence-corrected chi connectivity index (χ0v) is 10.7. The van der Waals surface area contributed by atoms with Crippen LogP contribution in [0, 0.1) is 6.92 Å². The van der Waals surface area contributed by atoms with Crippen LogP contribution in [0.15, 0.2) is 11.2 Å². The third-order valence-corrected chi connectivity index (χ3v) is 4.34. The molecule has 0 spiro atoms. The van der Waals surface area contributed by atoms with E-state index in [1.165, 1.54) is 10.5 Å². The molecule has 0 aromatic carbocycles. The lowest BCUT2D eigenvalue weighted by Gasteiger charge is -2.14. The number of nitrogens with one attached hydrogen (secondary N) is 1. The molecule has 1 N–H and O–H groups in total. The lowest BCUT2D eigenvalue weighted by atomic mass is 10.8. The molecule has 0 bridgehead atoms. The van der Waals surface area contributed by atoms with Gasteiger partial charge in [-0.25, -0.2) is 13.4 Å². The highest BCUT2D eigenvalue weighted by molar-refractivity contribution is 7.98. The second kappa shape index (κ2) is 5.00. The van der Waals surface area contributed by atoms with Gasteiger partial charge in [0.1, 0.15) is 5.82 Å². The molecule has 1 rings (SSSR count). The number of hydrogen-bond donors (Lipinski definition) is 1. The molecule has 86 valence electrons. The van der Waals surface area contributed by atoms with Crippen molar-refractivity contribution < 1.29 is 8.42 Å². The van der Waals surface area contributed by atoms with E-state index in [0.717, 1.165) is 5.75 Å². The monoisotopic (exact) mass is 249 g/mol. The Bertz CT molecular complexity index is 413. The van der Waals surface area contributed by atoms with Gasteiger partial charge in [0.2, 0.25) is 0 Å². The smallest absolute Gasteiger partial charge is 0.259 e. The summed E-state index contributed by atoms with van der Waals surface area (Å²) < 4.78 is 25.1. The van der Waals surface area contributed by atoms with Crippen LogP contribution in [0.4, 0.5) is 0 Å². The number of H-pyrrole nitrogens is 1. The lowest BCUT2D eigenvalue weighted by Crippen LogP contribution is -2.29. The van der Waals surface area contributed by atoms with E-state index in [1.807, 2.05) is 6.26 Å². The standard InChI is InChI=1S/C8H15N3O2S2/c1-7-9-6-8(10-7)15(12,13)11(2)4-5-14-3/h6H,4-5H2,1-3H3,(H,9,10). The van der Waals surface area contributed by atoms with Crippen molar-refractivity contribution in [3.8, 4) is 0 Å².